The van der Waals surface area contributed by atoms with E-state index in [9.17, 15) is 5.11 Å². The van der Waals surface area contributed by atoms with E-state index in [0.29, 0.717) is 5.75 Å². The molecule has 3 rings (SSSR count). The van der Waals surface area contributed by atoms with Crippen LogP contribution in [-0.2, 0) is 0 Å². The Morgan fingerprint density at radius 3 is 1.95 bits per heavy atom. The molecule has 0 saturated heterocycles. The number of para-hydroxylation sites is 1. The highest BCUT2D eigenvalue weighted by atomic mass is 16.5. The third-order valence-corrected chi connectivity index (χ3v) is 3.63. The zero-order valence-corrected chi connectivity index (χ0v) is 12.8. The van der Waals surface area contributed by atoms with Crippen LogP contribution in [0.25, 0.3) is 0 Å². The number of hydrogen-bond acceptors (Lipinski definition) is 4. The number of methoxy groups -OCH3 is 1. The lowest BCUT2D eigenvalue weighted by atomic mass is 9.93. The summed E-state index contributed by atoms with van der Waals surface area (Å²) in [7, 11) is 1.54. The van der Waals surface area contributed by atoms with Gasteiger partial charge in [-0.2, -0.15) is 0 Å². The molecule has 0 bridgehead atoms. The molecule has 0 spiro atoms. The molecule has 0 saturated carbocycles. The summed E-state index contributed by atoms with van der Waals surface area (Å²) in [5, 5.41) is 10.1. The van der Waals surface area contributed by atoms with E-state index in [1.165, 1.54) is 7.11 Å². The average Bonchev–Trinajstić information content (AvgIpc) is 3.09. The van der Waals surface area contributed by atoms with Gasteiger partial charge >= 0.3 is 0 Å². The summed E-state index contributed by atoms with van der Waals surface area (Å²) >= 11 is 0. The molecule has 4 nitrogen and oxygen atoms in total. The first-order chi connectivity index (χ1) is 10.6. The van der Waals surface area contributed by atoms with Gasteiger partial charge in [0.1, 0.15) is 29.0 Å². The molecule has 22 heavy (non-hydrogen) atoms. The number of aryl methyl sites for hydroxylation is 2. The fourth-order valence-electron chi connectivity index (χ4n) is 2.66. The van der Waals surface area contributed by atoms with Crippen LogP contribution in [0.5, 0.6) is 11.5 Å². The maximum Gasteiger partial charge on any atom is 0.164 e. The highest BCUT2D eigenvalue weighted by molar-refractivity contribution is 5.52. The summed E-state index contributed by atoms with van der Waals surface area (Å²) in [5.74, 6) is 3.38. The van der Waals surface area contributed by atoms with E-state index in [-0.39, 0.29) is 11.7 Å². The van der Waals surface area contributed by atoms with Crippen LogP contribution in [-0.4, -0.2) is 12.2 Å². The van der Waals surface area contributed by atoms with Crippen LogP contribution in [0.2, 0.25) is 0 Å². The third-order valence-electron chi connectivity index (χ3n) is 3.63. The quantitative estimate of drug-likeness (QED) is 0.776. The van der Waals surface area contributed by atoms with Crippen molar-refractivity contribution in [3.8, 4) is 11.5 Å². The van der Waals surface area contributed by atoms with E-state index < -0.39 is 0 Å². The molecule has 0 atom stereocenters. The first-order valence-corrected chi connectivity index (χ1v) is 7.08. The Labute approximate surface area is 129 Å². The van der Waals surface area contributed by atoms with Crippen LogP contribution < -0.4 is 4.74 Å². The highest BCUT2D eigenvalue weighted by Crippen LogP contribution is 2.42. The van der Waals surface area contributed by atoms with Crippen molar-refractivity contribution in [1.82, 2.24) is 0 Å². The van der Waals surface area contributed by atoms with E-state index >= 15 is 0 Å². The van der Waals surface area contributed by atoms with Crippen LogP contribution in [0.15, 0.2) is 51.3 Å². The molecule has 0 radical (unpaired) electrons. The molecule has 1 N–H and O–H groups in total. The predicted octanol–water partition coefficient (Wildman–Crippen LogP) is 4.38. The third kappa shape index (κ3) is 2.48. The summed E-state index contributed by atoms with van der Waals surface area (Å²) in [6.45, 7) is 3.79. The molecule has 0 amide bonds. The Balaban J connectivity index is 2.20. The second-order valence-corrected chi connectivity index (χ2v) is 5.23. The summed E-state index contributed by atoms with van der Waals surface area (Å²) in [4.78, 5) is 0. The topological polar surface area (TPSA) is 55.7 Å². The van der Waals surface area contributed by atoms with Crippen LogP contribution >= 0.6 is 0 Å². The minimum atomic E-state index is -0.274. The maximum absolute atomic E-state index is 10.1. The second-order valence-electron chi connectivity index (χ2n) is 5.23. The molecule has 3 aromatic rings. The summed E-state index contributed by atoms with van der Waals surface area (Å²) < 4.78 is 17.0. The summed E-state index contributed by atoms with van der Waals surface area (Å²) in [6.07, 6.45) is 0. The van der Waals surface area contributed by atoms with E-state index in [4.69, 9.17) is 13.6 Å². The minimum Gasteiger partial charge on any atom is -0.504 e. The van der Waals surface area contributed by atoms with E-state index in [1.54, 1.807) is 12.1 Å². The lowest BCUT2D eigenvalue weighted by Gasteiger charge is -2.17. The lowest BCUT2D eigenvalue weighted by molar-refractivity contribution is 0.362. The molecule has 2 heterocycles. The van der Waals surface area contributed by atoms with Crippen LogP contribution in [0.1, 0.15) is 34.5 Å². The number of phenols is 1. The zero-order chi connectivity index (χ0) is 15.7. The van der Waals surface area contributed by atoms with Crippen molar-refractivity contribution < 1.29 is 18.7 Å². The standard InChI is InChI=1S/C18H18O4/c1-11-7-9-15(21-11)17(16-10-8-12(2)22-16)13-5-4-6-14(19)18(13)20-3/h4-10,17,19H,1-3H3. The molecule has 0 fully saturated rings. The van der Waals surface area contributed by atoms with Crippen molar-refractivity contribution in [2.24, 2.45) is 0 Å². The van der Waals surface area contributed by atoms with Gasteiger partial charge < -0.3 is 18.7 Å². The van der Waals surface area contributed by atoms with Crippen molar-refractivity contribution >= 4 is 0 Å². The molecular weight excluding hydrogens is 280 g/mol. The van der Waals surface area contributed by atoms with Gasteiger partial charge in [0.15, 0.2) is 11.5 Å². The van der Waals surface area contributed by atoms with Gasteiger partial charge in [-0.1, -0.05) is 12.1 Å². The van der Waals surface area contributed by atoms with Crippen molar-refractivity contribution in [2.75, 3.05) is 7.11 Å². The Morgan fingerprint density at radius 1 is 0.909 bits per heavy atom. The van der Waals surface area contributed by atoms with Crippen molar-refractivity contribution in [2.45, 2.75) is 19.8 Å². The Bertz CT molecular complexity index is 742. The van der Waals surface area contributed by atoms with Crippen molar-refractivity contribution in [1.29, 1.82) is 0 Å². The first kappa shape index (κ1) is 14.3. The van der Waals surface area contributed by atoms with Gasteiger partial charge in [0.2, 0.25) is 0 Å². The largest absolute Gasteiger partial charge is 0.504 e. The van der Waals surface area contributed by atoms with E-state index in [1.807, 2.05) is 44.2 Å². The van der Waals surface area contributed by atoms with Crippen molar-refractivity contribution in [3.63, 3.8) is 0 Å². The molecule has 1 aromatic carbocycles. The lowest BCUT2D eigenvalue weighted by Crippen LogP contribution is -2.04. The maximum atomic E-state index is 10.1. The number of ether oxygens (including phenoxy) is 1. The Hall–Kier alpha value is -2.62. The molecule has 0 aliphatic rings. The van der Waals surface area contributed by atoms with Gasteiger partial charge in [0, 0.05) is 5.56 Å². The number of aromatic hydroxyl groups is 1. The van der Waals surface area contributed by atoms with Gasteiger partial charge in [0.25, 0.3) is 0 Å². The smallest absolute Gasteiger partial charge is 0.164 e. The summed E-state index contributed by atoms with van der Waals surface area (Å²) in [5.41, 5.74) is 0.797. The molecule has 0 unspecified atom stereocenters. The number of phenolic OH excluding ortho intramolecular Hbond substituents is 1. The Morgan fingerprint density at radius 2 is 1.50 bits per heavy atom. The molecule has 114 valence electrons. The van der Waals surface area contributed by atoms with Gasteiger partial charge in [-0.05, 0) is 44.2 Å². The van der Waals surface area contributed by atoms with Gasteiger partial charge in [0.05, 0.1) is 7.11 Å². The van der Waals surface area contributed by atoms with Crippen molar-refractivity contribution in [3.05, 3.63) is 71.1 Å². The number of benzene rings is 1. The molecule has 4 heteroatoms. The monoisotopic (exact) mass is 298 g/mol. The van der Waals surface area contributed by atoms with Gasteiger partial charge in [-0.25, -0.2) is 0 Å². The Kier molecular flexibility index (Phi) is 3.67. The average molecular weight is 298 g/mol. The molecular formula is C18H18O4. The molecule has 0 aliphatic carbocycles. The SMILES string of the molecule is COc1c(O)cccc1C(c1ccc(C)o1)c1ccc(C)o1. The number of rotatable bonds is 4. The van der Waals surface area contributed by atoms with E-state index in [0.717, 1.165) is 28.6 Å². The fourth-order valence-corrected chi connectivity index (χ4v) is 2.66. The van der Waals surface area contributed by atoms with Crippen LogP contribution in [0, 0.1) is 13.8 Å². The van der Waals surface area contributed by atoms with Gasteiger partial charge in [-0.15, -0.1) is 0 Å². The second kappa shape index (κ2) is 5.64. The summed E-state index contributed by atoms with van der Waals surface area (Å²) in [6, 6.07) is 12.9. The van der Waals surface area contributed by atoms with Crippen LogP contribution in [0.3, 0.4) is 0 Å². The molecule has 2 aromatic heterocycles. The highest BCUT2D eigenvalue weighted by Gasteiger charge is 2.27. The van der Waals surface area contributed by atoms with E-state index in [2.05, 4.69) is 0 Å². The zero-order valence-electron chi connectivity index (χ0n) is 12.8. The number of furan rings is 2. The first-order valence-electron chi connectivity index (χ1n) is 7.08. The minimum absolute atomic E-state index is 0.0940. The van der Waals surface area contributed by atoms with Crippen LogP contribution in [0.4, 0.5) is 0 Å². The number of hydrogen-bond donors (Lipinski definition) is 1. The van der Waals surface area contributed by atoms with Gasteiger partial charge in [-0.3, -0.25) is 0 Å². The molecule has 0 aliphatic heterocycles. The predicted molar refractivity (Wildman–Crippen MR) is 82.5 cm³/mol. The normalized spacial score (nSPS) is 11.1. The fraction of sp³-hybridized carbons (Fsp3) is 0.222.